The van der Waals surface area contributed by atoms with E-state index < -0.39 is 17.8 Å². The van der Waals surface area contributed by atoms with Gasteiger partial charge in [-0.25, -0.2) is 9.69 Å². The van der Waals surface area contributed by atoms with Gasteiger partial charge in [0.15, 0.2) is 0 Å². The van der Waals surface area contributed by atoms with E-state index in [2.05, 4.69) is 27.9 Å². The number of carbonyl (C=O) groups is 3. The number of ether oxygens (including phenoxy) is 1. The summed E-state index contributed by atoms with van der Waals surface area (Å²) >= 11 is 8.32. The number of esters is 1. The molecule has 2 amide bonds. The Morgan fingerprint density at radius 1 is 0.939 bits per heavy atom. The van der Waals surface area contributed by atoms with Gasteiger partial charge in [-0.2, -0.15) is 0 Å². The second kappa shape index (κ2) is 9.36. The maximum atomic E-state index is 12.9. The number of anilines is 2. The summed E-state index contributed by atoms with van der Waals surface area (Å²) in [6, 6.07) is 18.9. The predicted octanol–water partition coefficient (Wildman–Crippen LogP) is 5.56. The molecule has 0 saturated heterocycles. The van der Waals surface area contributed by atoms with Crippen molar-refractivity contribution in [1.82, 2.24) is 0 Å². The number of amides is 2. The highest BCUT2D eigenvalue weighted by Crippen LogP contribution is 2.30. The summed E-state index contributed by atoms with van der Waals surface area (Å²) in [4.78, 5) is 39.0. The zero-order valence-electron chi connectivity index (χ0n) is 17.7. The monoisotopic (exact) mass is 572 g/mol. The fraction of sp³-hybridized carbons (Fsp3) is 0.0800. The summed E-state index contributed by atoms with van der Waals surface area (Å²) in [5.74, 6) is -1.15. The predicted molar refractivity (Wildman–Crippen MR) is 135 cm³/mol. The summed E-state index contributed by atoms with van der Waals surface area (Å²) in [7, 11) is 0. The van der Waals surface area contributed by atoms with Gasteiger partial charge in [-0.1, -0.05) is 29.3 Å². The molecule has 1 aliphatic heterocycles. The zero-order chi connectivity index (χ0) is 23.7. The van der Waals surface area contributed by atoms with Gasteiger partial charge < -0.3 is 10.1 Å². The lowest BCUT2D eigenvalue weighted by atomic mass is 10.1. The number of nitrogens with zero attached hydrogens (tertiary/aromatic N) is 1. The Bertz CT molecular complexity index is 1300. The van der Waals surface area contributed by atoms with E-state index in [4.69, 9.17) is 16.3 Å². The molecule has 3 aromatic carbocycles. The van der Waals surface area contributed by atoms with Crippen molar-refractivity contribution in [3.05, 3.63) is 97.7 Å². The van der Waals surface area contributed by atoms with Crippen LogP contribution in [0.3, 0.4) is 0 Å². The third-order valence-corrected chi connectivity index (χ3v) is 6.10. The van der Waals surface area contributed by atoms with Crippen molar-refractivity contribution < 1.29 is 19.1 Å². The lowest BCUT2D eigenvalue weighted by Crippen LogP contribution is -2.32. The highest BCUT2D eigenvalue weighted by atomic mass is 127. The van der Waals surface area contributed by atoms with E-state index in [-0.39, 0.29) is 10.7 Å². The van der Waals surface area contributed by atoms with Crippen LogP contribution < -0.4 is 15.0 Å². The van der Waals surface area contributed by atoms with Crippen LogP contribution in [0.5, 0.6) is 5.75 Å². The fourth-order valence-electron chi connectivity index (χ4n) is 3.34. The molecule has 8 heteroatoms. The average molecular weight is 573 g/mol. The van der Waals surface area contributed by atoms with Gasteiger partial charge >= 0.3 is 5.97 Å². The Morgan fingerprint density at radius 3 is 2.24 bits per heavy atom. The number of rotatable bonds is 5. The number of imide groups is 1. The van der Waals surface area contributed by atoms with Crippen molar-refractivity contribution >= 4 is 63.4 Å². The molecule has 33 heavy (non-hydrogen) atoms. The molecule has 0 saturated carbocycles. The number of hydrogen-bond acceptors (Lipinski definition) is 5. The molecule has 0 aliphatic carbocycles. The summed E-state index contributed by atoms with van der Waals surface area (Å²) in [5.41, 5.74) is 3.20. The van der Waals surface area contributed by atoms with Crippen LogP contribution in [0.4, 0.5) is 11.4 Å². The van der Waals surface area contributed by atoms with E-state index in [0.717, 1.165) is 19.6 Å². The quantitative estimate of drug-likeness (QED) is 0.187. The van der Waals surface area contributed by atoms with Crippen LogP contribution in [-0.2, 0) is 9.59 Å². The van der Waals surface area contributed by atoms with Crippen LogP contribution in [0.25, 0.3) is 0 Å². The first-order chi connectivity index (χ1) is 15.7. The van der Waals surface area contributed by atoms with Crippen molar-refractivity contribution in [3.8, 4) is 5.75 Å². The molecule has 0 radical (unpaired) electrons. The van der Waals surface area contributed by atoms with Gasteiger partial charge in [-0.15, -0.1) is 0 Å². The molecule has 0 fully saturated rings. The smallest absolute Gasteiger partial charge is 0.343 e. The number of halogens is 2. The average Bonchev–Trinajstić information content (AvgIpc) is 3.00. The largest absolute Gasteiger partial charge is 0.423 e. The van der Waals surface area contributed by atoms with Crippen molar-refractivity contribution in [2.45, 2.75) is 13.8 Å². The van der Waals surface area contributed by atoms with E-state index in [0.29, 0.717) is 22.7 Å². The molecular formula is C25H18ClIN2O4. The van der Waals surface area contributed by atoms with Gasteiger partial charge in [0.25, 0.3) is 11.8 Å². The van der Waals surface area contributed by atoms with Crippen molar-refractivity contribution in [2.24, 2.45) is 0 Å². The molecule has 1 aliphatic rings. The Hall–Kier alpha value is -3.17. The van der Waals surface area contributed by atoms with Crippen molar-refractivity contribution in [1.29, 1.82) is 0 Å². The van der Waals surface area contributed by atoms with E-state index in [1.165, 1.54) is 0 Å². The summed E-state index contributed by atoms with van der Waals surface area (Å²) in [6.07, 6.45) is 0. The van der Waals surface area contributed by atoms with Crippen LogP contribution in [-0.4, -0.2) is 17.8 Å². The normalized spacial score (nSPS) is 13.5. The third kappa shape index (κ3) is 4.79. The van der Waals surface area contributed by atoms with Crippen LogP contribution >= 0.6 is 34.2 Å². The summed E-state index contributed by atoms with van der Waals surface area (Å²) < 4.78 is 6.46. The second-order valence-corrected chi connectivity index (χ2v) is 9.10. The molecule has 0 bridgehead atoms. The van der Waals surface area contributed by atoms with E-state index in [1.807, 2.05) is 26.0 Å². The molecule has 4 rings (SSSR count). The maximum absolute atomic E-state index is 12.9. The van der Waals surface area contributed by atoms with Gasteiger partial charge in [0.05, 0.1) is 11.3 Å². The second-order valence-electron chi connectivity index (χ2n) is 7.47. The Balaban J connectivity index is 1.48. The minimum Gasteiger partial charge on any atom is -0.423 e. The van der Waals surface area contributed by atoms with Gasteiger partial charge in [0.2, 0.25) is 0 Å². The Kier molecular flexibility index (Phi) is 6.53. The van der Waals surface area contributed by atoms with Gasteiger partial charge in [-0.05, 0) is 96.6 Å². The molecular weight excluding hydrogens is 555 g/mol. The van der Waals surface area contributed by atoms with Gasteiger partial charge in [-0.3, -0.25) is 9.59 Å². The molecule has 166 valence electrons. The van der Waals surface area contributed by atoms with Gasteiger partial charge in [0.1, 0.15) is 16.5 Å². The van der Waals surface area contributed by atoms with E-state index >= 15 is 0 Å². The zero-order valence-corrected chi connectivity index (χ0v) is 20.6. The van der Waals surface area contributed by atoms with Crippen LogP contribution in [0.1, 0.15) is 21.5 Å². The SMILES string of the molecule is Cc1ccc(OC(=O)c2ccc(NC3=C(Cl)C(=O)N(c4ccc(I)cc4)C3=O)cc2)c(C)c1. The molecule has 0 atom stereocenters. The molecule has 6 nitrogen and oxygen atoms in total. The lowest BCUT2D eigenvalue weighted by molar-refractivity contribution is -0.120. The number of carbonyl (C=O) groups excluding carboxylic acids is 3. The first-order valence-electron chi connectivity index (χ1n) is 9.95. The van der Waals surface area contributed by atoms with Crippen molar-refractivity contribution in [3.63, 3.8) is 0 Å². The summed E-state index contributed by atoms with van der Waals surface area (Å²) in [5, 5.41) is 2.70. The maximum Gasteiger partial charge on any atom is 0.343 e. The number of hydrogen-bond donors (Lipinski definition) is 1. The van der Waals surface area contributed by atoms with Crippen LogP contribution in [0.15, 0.2) is 77.5 Å². The molecule has 0 aromatic heterocycles. The van der Waals surface area contributed by atoms with E-state index in [9.17, 15) is 14.4 Å². The molecule has 1 N–H and O–H groups in total. The topological polar surface area (TPSA) is 75.7 Å². The Labute approximate surface area is 209 Å². The number of aryl methyl sites for hydroxylation is 2. The minimum atomic E-state index is -0.598. The molecule has 0 unspecified atom stereocenters. The highest BCUT2D eigenvalue weighted by molar-refractivity contribution is 14.1. The first-order valence-corrected chi connectivity index (χ1v) is 11.4. The standard InChI is InChI=1S/C25H18ClIN2O4/c1-14-3-12-20(15(2)13-14)33-25(32)16-4-8-18(9-5-16)28-22-21(26)23(30)29(24(22)31)19-10-6-17(27)7-11-19/h3-13,28H,1-2H3. The van der Waals surface area contributed by atoms with Crippen LogP contribution in [0.2, 0.25) is 0 Å². The fourth-order valence-corrected chi connectivity index (χ4v) is 3.91. The minimum absolute atomic E-state index is 0.0224. The Morgan fingerprint density at radius 2 is 1.61 bits per heavy atom. The molecule has 1 heterocycles. The first kappa shape index (κ1) is 23.0. The van der Waals surface area contributed by atoms with Crippen LogP contribution in [0, 0.1) is 17.4 Å². The van der Waals surface area contributed by atoms with Crippen molar-refractivity contribution in [2.75, 3.05) is 10.2 Å². The number of benzene rings is 3. The van der Waals surface area contributed by atoms with E-state index in [1.54, 1.807) is 54.6 Å². The lowest BCUT2D eigenvalue weighted by Gasteiger charge is -2.15. The number of nitrogens with one attached hydrogen (secondary N) is 1. The van der Waals surface area contributed by atoms with Gasteiger partial charge in [0, 0.05) is 9.26 Å². The summed E-state index contributed by atoms with van der Waals surface area (Å²) in [6.45, 7) is 3.84. The molecule has 3 aromatic rings. The third-order valence-electron chi connectivity index (χ3n) is 5.04. The molecule has 0 spiro atoms. The highest BCUT2D eigenvalue weighted by Gasteiger charge is 2.38.